The van der Waals surface area contributed by atoms with Crippen molar-refractivity contribution in [3.63, 3.8) is 0 Å². The normalized spacial score (nSPS) is 33.2. The zero-order valence-corrected chi connectivity index (χ0v) is 12.2. The Morgan fingerprint density at radius 3 is 2.44 bits per heavy atom. The van der Waals surface area contributed by atoms with Crippen LogP contribution in [0.2, 0.25) is 0 Å². The van der Waals surface area contributed by atoms with Gasteiger partial charge in [0, 0.05) is 6.04 Å². The second kappa shape index (κ2) is 5.02. The quantitative estimate of drug-likeness (QED) is 0.804. The van der Waals surface area contributed by atoms with Crippen LogP contribution in [0.25, 0.3) is 0 Å². The Morgan fingerprint density at radius 2 is 1.89 bits per heavy atom. The minimum atomic E-state index is -0.145. The molecule has 0 aromatic heterocycles. The van der Waals surface area contributed by atoms with Gasteiger partial charge in [-0.15, -0.1) is 0 Å². The van der Waals surface area contributed by atoms with Crippen LogP contribution in [0, 0.1) is 5.92 Å². The average Bonchev–Trinajstić information content (AvgIpc) is 2.54. The van der Waals surface area contributed by atoms with Crippen molar-refractivity contribution in [1.29, 1.82) is 0 Å². The minimum absolute atomic E-state index is 0.145. The Morgan fingerprint density at radius 1 is 1.28 bits per heavy atom. The van der Waals surface area contributed by atoms with Crippen molar-refractivity contribution in [2.75, 3.05) is 7.05 Å². The molecule has 2 heteroatoms. The number of rotatable bonds is 3. The summed E-state index contributed by atoms with van der Waals surface area (Å²) in [4.78, 5) is 2.38. The summed E-state index contributed by atoms with van der Waals surface area (Å²) in [6, 6.07) is 11.0. The summed E-state index contributed by atoms with van der Waals surface area (Å²) in [7, 11) is 2.18. The molecule has 0 unspecified atom stereocenters. The van der Waals surface area contributed by atoms with E-state index >= 15 is 0 Å². The van der Waals surface area contributed by atoms with E-state index in [4.69, 9.17) is 4.74 Å². The first-order chi connectivity index (χ1) is 8.44. The lowest BCUT2D eigenvalue weighted by Gasteiger charge is -2.33. The van der Waals surface area contributed by atoms with Crippen molar-refractivity contribution in [2.24, 2.45) is 5.92 Å². The molecular formula is C16H25NO. The molecule has 0 spiro atoms. The third-order valence-electron chi connectivity index (χ3n) is 4.09. The molecular weight excluding hydrogens is 222 g/mol. The van der Waals surface area contributed by atoms with Crippen LogP contribution in [0.4, 0.5) is 0 Å². The Hall–Kier alpha value is -0.860. The van der Waals surface area contributed by atoms with Crippen LogP contribution >= 0.6 is 0 Å². The lowest BCUT2D eigenvalue weighted by atomic mass is 10.00. The van der Waals surface area contributed by atoms with Crippen LogP contribution in [0.3, 0.4) is 0 Å². The fraction of sp³-hybridized carbons (Fsp3) is 0.625. The number of nitrogens with zero attached hydrogens (tertiary/aromatic N) is 1. The van der Waals surface area contributed by atoms with Gasteiger partial charge >= 0.3 is 0 Å². The van der Waals surface area contributed by atoms with E-state index in [0.717, 1.165) is 6.42 Å². The van der Waals surface area contributed by atoms with Gasteiger partial charge < -0.3 is 4.74 Å². The van der Waals surface area contributed by atoms with Crippen molar-refractivity contribution in [3.8, 4) is 0 Å². The predicted octanol–water partition coefficient (Wildman–Crippen LogP) is 3.84. The molecule has 0 aliphatic carbocycles. The molecule has 1 aliphatic heterocycles. The van der Waals surface area contributed by atoms with Crippen LogP contribution in [0.1, 0.15) is 45.8 Å². The van der Waals surface area contributed by atoms with E-state index in [1.165, 1.54) is 5.56 Å². The molecule has 1 fully saturated rings. The lowest BCUT2D eigenvalue weighted by molar-refractivity contribution is -0.0960. The maximum Gasteiger partial charge on any atom is 0.120 e. The van der Waals surface area contributed by atoms with Crippen LogP contribution in [-0.4, -0.2) is 23.7 Å². The van der Waals surface area contributed by atoms with Crippen LogP contribution in [0.5, 0.6) is 0 Å². The molecule has 0 radical (unpaired) electrons. The summed E-state index contributed by atoms with van der Waals surface area (Å²) in [6.07, 6.45) is 1.25. The highest BCUT2D eigenvalue weighted by atomic mass is 16.5. The summed E-state index contributed by atoms with van der Waals surface area (Å²) in [5.41, 5.74) is 1.14. The fourth-order valence-electron chi connectivity index (χ4n) is 3.03. The summed E-state index contributed by atoms with van der Waals surface area (Å²) < 4.78 is 6.40. The first-order valence-electron chi connectivity index (χ1n) is 6.90. The van der Waals surface area contributed by atoms with Gasteiger partial charge in [-0.2, -0.15) is 0 Å². The molecule has 1 heterocycles. The van der Waals surface area contributed by atoms with Gasteiger partial charge in [0.1, 0.15) is 11.8 Å². The SMILES string of the molecule is CC(C)C[C@]1(C)O[C@@H](c2ccccc2)[C@H](C)N1C. The molecule has 1 aromatic carbocycles. The maximum atomic E-state index is 6.40. The molecule has 3 atom stereocenters. The molecule has 0 amide bonds. The highest BCUT2D eigenvalue weighted by Crippen LogP contribution is 2.42. The maximum absolute atomic E-state index is 6.40. The van der Waals surface area contributed by atoms with Gasteiger partial charge in [-0.1, -0.05) is 44.2 Å². The van der Waals surface area contributed by atoms with Gasteiger partial charge in [0.2, 0.25) is 0 Å². The third-order valence-corrected chi connectivity index (χ3v) is 4.09. The minimum Gasteiger partial charge on any atom is -0.351 e. The first kappa shape index (κ1) is 13.6. The molecule has 18 heavy (non-hydrogen) atoms. The monoisotopic (exact) mass is 247 g/mol. The Labute approximate surface area is 111 Å². The van der Waals surface area contributed by atoms with E-state index in [1.54, 1.807) is 0 Å². The highest BCUT2D eigenvalue weighted by Gasteiger charge is 2.46. The Balaban J connectivity index is 2.22. The largest absolute Gasteiger partial charge is 0.351 e. The zero-order chi connectivity index (χ0) is 13.3. The molecule has 0 N–H and O–H groups in total. The van der Waals surface area contributed by atoms with Crippen molar-refractivity contribution >= 4 is 0 Å². The number of benzene rings is 1. The molecule has 1 aromatic rings. The van der Waals surface area contributed by atoms with Gasteiger partial charge in [-0.3, -0.25) is 4.90 Å². The van der Waals surface area contributed by atoms with Crippen molar-refractivity contribution in [3.05, 3.63) is 35.9 Å². The molecule has 1 saturated heterocycles. The van der Waals surface area contributed by atoms with Crippen LogP contribution < -0.4 is 0 Å². The van der Waals surface area contributed by atoms with Gasteiger partial charge in [0.05, 0.1) is 0 Å². The van der Waals surface area contributed by atoms with E-state index in [9.17, 15) is 0 Å². The number of likely N-dealkylation sites (N-methyl/N-ethyl adjacent to an activating group) is 1. The average molecular weight is 247 g/mol. The fourth-order valence-corrected chi connectivity index (χ4v) is 3.03. The first-order valence-corrected chi connectivity index (χ1v) is 6.90. The topological polar surface area (TPSA) is 12.5 Å². The van der Waals surface area contributed by atoms with E-state index in [2.05, 4.69) is 70.0 Å². The van der Waals surface area contributed by atoms with Crippen molar-refractivity contribution in [2.45, 2.75) is 52.0 Å². The van der Waals surface area contributed by atoms with Crippen LogP contribution in [-0.2, 0) is 4.74 Å². The zero-order valence-electron chi connectivity index (χ0n) is 12.2. The number of hydrogen-bond acceptors (Lipinski definition) is 2. The van der Waals surface area contributed by atoms with Gasteiger partial charge in [0.25, 0.3) is 0 Å². The van der Waals surface area contributed by atoms with E-state index < -0.39 is 0 Å². The third kappa shape index (κ3) is 2.45. The van der Waals surface area contributed by atoms with Gasteiger partial charge in [0.15, 0.2) is 0 Å². The molecule has 0 saturated carbocycles. The molecule has 1 aliphatic rings. The summed E-state index contributed by atoms with van der Waals surface area (Å²) in [5.74, 6) is 0.638. The number of hydrogen-bond donors (Lipinski definition) is 0. The summed E-state index contributed by atoms with van der Waals surface area (Å²) in [5, 5.41) is 0. The summed E-state index contributed by atoms with van der Waals surface area (Å²) >= 11 is 0. The second-order valence-corrected chi connectivity index (χ2v) is 6.07. The number of ether oxygens (including phenoxy) is 1. The lowest BCUT2D eigenvalue weighted by Crippen LogP contribution is -2.43. The van der Waals surface area contributed by atoms with Gasteiger partial charge in [-0.05, 0) is 38.8 Å². The Kier molecular flexibility index (Phi) is 3.79. The molecule has 100 valence electrons. The molecule has 2 rings (SSSR count). The van der Waals surface area contributed by atoms with Crippen LogP contribution in [0.15, 0.2) is 30.3 Å². The van der Waals surface area contributed by atoms with E-state index in [1.807, 2.05) is 0 Å². The van der Waals surface area contributed by atoms with E-state index in [0.29, 0.717) is 12.0 Å². The standard InChI is InChI=1S/C16H25NO/c1-12(2)11-16(4)17(5)13(3)15(18-16)14-9-7-6-8-10-14/h6-10,12-13,15H,11H2,1-5H3/t13-,15+,16-/m0/s1. The summed E-state index contributed by atoms with van der Waals surface area (Å²) in [6.45, 7) is 8.97. The Bertz CT molecular complexity index is 389. The highest BCUT2D eigenvalue weighted by molar-refractivity contribution is 5.20. The smallest absolute Gasteiger partial charge is 0.120 e. The second-order valence-electron chi connectivity index (χ2n) is 6.07. The molecule has 0 bridgehead atoms. The predicted molar refractivity (Wildman–Crippen MR) is 75.4 cm³/mol. The van der Waals surface area contributed by atoms with Crippen molar-refractivity contribution in [1.82, 2.24) is 4.90 Å². The van der Waals surface area contributed by atoms with Crippen molar-refractivity contribution < 1.29 is 4.74 Å². The van der Waals surface area contributed by atoms with Gasteiger partial charge in [-0.25, -0.2) is 0 Å². The molecule has 2 nitrogen and oxygen atoms in total. The van der Waals surface area contributed by atoms with E-state index in [-0.39, 0.29) is 11.8 Å².